The van der Waals surface area contributed by atoms with Crippen LogP contribution in [0.5, 0.6) is 0 Å². The first-order valence-corrected chi connectivity index (χ1v) is 8.97. The monoisotopic (exact) mass is 408 g/mol. The van der Waals surface area contributed by atoms with Crippen LogP contribution in [0.2, 0.25) is 0 Å². The largest absolute Gasteiger partial charge is 0.447 e. The first-order chi connectivity index (χ1) is 14.4. The van der Waals surface area contributed by atoms with Crippen molar-refractivity contribution in [2.75, 3.05) is 23.4 Å². The van der Waals surface area contributed by atoms with Crippen LogP contribution in [0.3, 0.4) is 0 Å². The molecule has 11 nitrogen and oxygen atoms in total. The van der Waals surface area contributed by atoms with Crippen molar-refractivity contribution >= 4 is 29.1 Å². The number of nitro groups is 1. The minimum Gasteiger partial charge on any atom is -0.447 e. The van der Waals surface area contributed by atoms with E-state index in [2.05, 4.69) is 15.6 Å². The van der Waals surface area contributed by atoms with Crippen LogP contribution in [0.25, 0.3) is 5.69 Å². The molecular weight excluding hydrogens is 392 g/mol. The number of rotatable bonds is 5. The van der Waals surface area contributed by atoms with Gasteiger partial charge in [-0.1, -0.05) is 17.3 Å². The number of nitrogens with one attached hydrogen (secondary N) is 1. The summed E-state index contributed by atoms with van der Waals surface area (Å²) in [5, 5.41) is 21.6. The lowest BCUT2D eigenvalue weighted by atomic mass is 10.2. The number of hydrogen-bond acceptors (Lipinski definition) is 7. The molecule has 0 spiro atoms. The van der Waals surface area contributed by atoms with Crippen LogP contribution in [-0.2, 0) is 4.74 Å². The third kappa shape index (κ3) is 3.55. The Morgan fingerprint density at radius 1 is 1.20 bits per heavy atom. The SMILES string of the molecule is Cc1c(C(=O)Nc2cccc(N3CCOC3=O)c2)nnn1-c1cccc([N+](=O)[O-])c1. The third-order valence-electron chi connectivity index (χ3n) is 4.57. The molecule has 0 saturated carbocycles. The molecule has 3 aromatic rings. The van der Waals surface area contributed by atoms with Crippen LogP contribution in [-0.4, -0.2) is 45.1 Å². The van der Waals surface area contributed by atoms with Crippen LogP contribution >= 0.6 is 0 Å². The molecule has 1 aliphatic heterocycles. The van der Waals surface area contributed by atoms with Gasteiger partial charge in [-0.3, -0.25) is 19.8 Å². The number of nitrogens with zero attached hydrogens (tertiary/aromatic N) is 5. The molecule has 0 bridgehead atoms. The summed E-state index contributed by atoms with van der Waals surface area (Å²) in [6, 6.07) is 12.7. The average molecular weight is 408 g/mol. The number of carbonyl (C=O) groups is 2. The number of amides is 2. The summed E-state index contributed by atoms with van der Waals surface area (Å²) >= 11 is 0. The lowest BCUT2D eigenvalue weighted by Gasteiger charge is -2.14. The Morgan fingerprint density at radius 3 is 2.70 bits per heavy atom. The third-order valence-corrected chi connectivity index (χ3v) is 4.57. The van der Waals surface area contributed by atoms with Crippen molar-refractivity contribution in [2.24, 2.45) is 0 Å². The molecule has 0 radical (unpaired) electrons. The lowest BCUT2D eigenvalue weighted by molar-refractivity contribution is -0.384. The number of ether oxygens (including phenoxy) is 1. The van der Waals surface area contributed by atoms with Gasteiger partial charge in [0.25, 0.3) is 11.6 Å². The summed E-state index contributed by atoms with van der Waals surface area (Å²) < 4.78 is 6.29. The van der Waals surface area contributed by atoms with Crippen molar-refractivity contribution < 1.29 is 19.2 Å². The molecule has 1 N–H and O–H groups in total. The van der Waals surface area contributed by atoms with Gasteiger partial charge < -0.3 is 10.1 Å². The summed E-state index contributed by atoms with van der Waals surface area (Å²) in [4.78, 5) is 36.4. The fourth-order valence-electron chi connectivity index (χ4n) is 3.09. The van der Waals surface area contributed by atoms with Gasteiger partial charge in [-0.15, -0.1) is 5.10 Å². The highest BCUT2D eigenvalue weighted by Crippen LogP contribution is 2.23. The molecule has 1 aromatic heterocycles. The van der Waals surface area contributed by atoms with Gasteiger partial charge in [0, 0.05) is 23.5 Å². The first kappa shape index (κ1) is 19.1. The second kappa shape index (κ2) is 7.62. The number of anilines is 2. The fraction of sp³-hybridized carbons (Fsp3) is 0.158. The maximum atomic E-state index is 12.7. The molecule has 2 amide bonds. The second-order valence-electron chi connectivity index (χ2n) is 6.48. The molecule has 4 rings (SSSR count). The summed E-state index contributed by atoms with van der Waals surface area (Å²) in [5.74, 6) is -0.495. The topological polar surface area (TPSA) is 132 Å². The molecular formula is C19H16N6O5. The minimum atomic E-state index is -0.507. The number of hydrogen-bond donors (Lipinski definition) is 1. The van der Waals surface area contributed by atoms with E-state index in [1.807, 2.05) is 0 Å². The van der Waals surface area contributed by atoms with E-state index in [1.165, 1.54) is 27.8 Å². The zero-order valence-electron chi connectivity index (χ0n) is 15.8. The van der Waals surface area contributed by atoms with E-state index in [4.69, 9.17) is 4.74 Å². The van der Waals surface area contributed by atoms with E-state index in [0.717, 1.165) is 0 Å². The van der Waals surface area contributed by atoms with Crippen LogP contribution in [0, 0.1) is 17.0 Å². The van der Waals surface area contributed by atoms with E-state index in [0.29, 0.717) is 35.9 Å². The molecule has 30 heavy (non-hydrogen) atoms. The highest BCUT2D eigenvalue weighted by atomic mass is 16.6. The van der Waals surface area contributed by atoms with E-state index in [-0.39, 0.29) is 11.4 Å². The Kier molecular flexibility index (Phi) is 4.84. The van der Waals surface area contributed by atoms with Crippen LogP contribution in [0.1, 0.15) is 16.2 Å². The molecule has 1 fully saturated rings. The standard InChI is InChI=1S/C19H16N6O5/c1-12-17(21-22-24(12)15-6-3-7-16(11-15)25(28)29)18(26)20-13-4-2-5-14(10-13)23-8-9-30-19(23)27/h2-7,10-11H,8-9H2,1H3,(H,20,26). The Morgan fingerprint density at radius 2 is 1.97 bits per heavy atom. The predicted molar refractivity (Wildman–Crippen MR) is 106 cm³/mol. The minimum absolute atomic E-state index is 0.0764. The maximum absolute atomic E-state index is 12.7. The number of nitro benzene ring substituents is 1. The molecule has 1 saturated heterocycles. The van der Waals surface area contributed by atoms with E-state index in [1.54, 1.807) is 37.3 Å². The van der Waals surface area contributed by atoms with Crippen molar-refractivity contribution in [1.29, 1.82) is 0 Å². The molecule has 0 aliphatic carbocycles. The van der Waals surface area contributed by atoms with Crippen molar-refractivity contribution in [3.05, 3.63) is 70.0 Å². The van der Waals surface area contributed by atoms with Crippen LogP contribution in [0.4, 0.5) is 21.9 Å². The molecule has 1 aliphatic rings. The van der Waals surface area contributed by atoms with Gasteiger partial charge in [0.15, 0.2) is 5.69 Å². The van der Waals surface area contributed by atoms with Gasteiger partial charge in [0.1, 0.15) is 6.61 Å². The number of non-ortho nitro benzene ring substituents is 1. The van der Waals surface area contributed by atoms with Gasteiger partial charge in [-0.25, -0.2) is 9.48 Å². The molecule has 11 heteroatoms. The van der Waals surface area contributed by atoms with E-state index >= 15 is 0 Å². The maximum Gasteiger partial charge on any atom is 0.414 e. The van der Waals surface area contributed by atoms with Crippen LogP contribution < -0.4 is 10.2 Å². The Bertz CT molecular complexity index is 1160. The Hall–Kier alpha value is -4.28. The Balaban J connectivity index is 1.56. The summed E-state index contributed by atoms with van der Waals surface area (Å²) in [6.07, 6.45) is -0.436. The van der Waals surface area contributed by atoms with E-state index < -0.39 is 16.9 Å². The second-order valence-corrected chi connectivity index (χ2v) is 6.48. The van der Waals surface area contributed by atoms with Gasteiger partial charge in [0.2, 0.25) is 0 Å². The van der Waals surface area contributed by atoms with Crippen molar-refractivity contribution in [3.8, 4) is 5.69 Å². The summed E-state index contributed by atoms with van der Waals surface area (Å²) in [6.45, 7) is 2.40. The Labute approximate surface area is 170 Å². The molecule has 2 aromatic carbocycles. The normalized spacial score (nSPS) is 13.2. The van der Waals surface area contributed by atoms with Gasteiger partial charge in [-0.05, 0) is 31.2 Å². The predicted octanol–water partition coefficient (Wildman–Crippen LogP) is 2.69. The smallest absolute Gasteiger partial charge is 0.414 e. The number of aromatic nitrogens is 3. The zero-order chi connectivity index (χ0) is 21.3. The average Bonchev–Trinajstić information content (AvgIpc) is 3.33. The quantitative estimate of drug-likeness (QED) is 0.507. The summed E-state index contributed by atoms with van der Waals surface area (Å²) in [7, 11) is 0. The highest BCUT2D eigenvalue weighted by Gasteiger charge is 2.24. The molecule has 2 heterocycles. The fourth-order valence-corrected chi connectivity index (χ4v) is 3.09. The number of benzene rings is 2. The highest BCUT2D eigenvalue weighted by molar-refractivity contribution is 6.04. The van der Waals surface area contributed by atoms with Crippen molar-refractivity contribution in [1.82, 2.24) is 15.0 Å². The molecule has 152 valence electrons. The summed E-state index contributed by atoms with van der Waals surface area (Å²) in [5.41, 5.74) is 1.90. The van der Waals surface area contributed by atoms with Gasteiger partial charge in [-0.2, -0.15) is 0 Å². The zero-order valence-corrected chi connectivity index (χ0v) is 15.8. The molecule has 0 unspecified atom stereocenters. The molecule has 0 atom stereocenters. The first-order valence-electron chi connectivity index (χ1n) is 8.97. The van der Waals surface area contributed by atoms with Gasteiger partial charge in [0.05, 0.1) is 22.8 Å². The van der Waals surface area contributed by atoms with Crippen LogP contribution in [0.15, 0.2) is 48.5 Å². The van der Waals surface area contributed by atoms with Gasteiger partial charge >= 0.3 is 6.09 Å². The van der Waals surface area contributed by atoms with Crippen molar-refractivity contribution in [3.63, 3.8) is 0 Å². The number of cyclic esters (lactones) is 1. The van der Waals surface area contributed by atoms with Crippen molar-refractivity contribution in [2.45, 2.75) is 6.92 Å². The number of carbonyl (C=O) groups excluding carboxylic acids is 2. The van der Waals surface area contributed by atoms with E-state index in [9.17, 15) is 19.7 Å². The lowest BCUT2D eigenvalue weighted by Crippen LogP contribution is -2.23.